The molecular formula is C18H21N5S. The van der Waals surface area contributed by atoms with Crippen LogP contribution in [0.4, 0.5) is 10.8 Å². The minimum Gasteiger partial charge on any atom is -0.371 e. The molecule has 5 nitrogen and oxygen atoms in total. The second-order valence-electron chi connectivity index (χ2n) is 6.33. The van der Waals surface area contributed by atoms with Crippen LogP contribution in [-0.2, 0) is 0 Å². The van der Waals surface area contributed by atoms with E-state index in [1.165, 1.54) is 23.2 Å². The van der Waals surface area contributed by atoms with Gasteiger partial charge in [-0.3, -0.25) is 9.97 Å². The van der Waals surface area contributed by atoms with Gasteiger partial charge in [0.05, 0.1) is 10.9 Å². The molecule has 1 saturated heterocycles. The fourth-order valence-electron chi connectivity index (χ4n) is 3.21. The van der Waals surface area contributed by atoms with Gasteiger partial charge in [0.25, 0.3) is 0 Å². The summed E-state index contributed by atoms with van der Waals surface area (Å²) in [6, 6.07) is 6.31. The van der Waals surface area contributed by atoms with E-state index >= 15 is 0 Å². The van der Waals surface area contributed by atoms with Gasteiger partial charge in [0, 0.05) is 43.4 Å². The van der Waals surface area contributed by atoms with Crippen molar-refractivity contribution >= 4 is 32.4 Å². The van der Waals surface area contributed by atoms with E-state index in [4.69, 9.17) is 0 Å². The van der Waals surface area contributed by atoms with E-state index in [9.17, 15) is 0 Å². The highest BCUT2D eigenvalue weighted by Gasteiger charge is 2.19. The topological polar surface area (TPSA) is 53.9 Å². The Morgan fingerprint density at radius 2 is 2.12 bits per heavy atom. The molecule has 0 atom stereocenters. The van der Waals surface area contributed by atoms with Crippen molar-refractivity contribution in [2.75, 3.05) is 29.9 Å². The van der Waals surface area contributed by atoms with E-state index in [1.54, 1.807) is 11.3 Å². The van der Waals surface area contributed by atoms with Crippen molar-refractivity contribution in [2.24, 2.45) is 5.92 Å². The van der Waals surface area contributed by atoms with Gasteiger partial charge in [0.2, 0.25) is 0 Å². The average molecular weight is 339 g/mol. The second-order valence-corrected chi connectivity index (χ2v) is 7.36. The first-order valence-corrected chi connectivity index (χ1v) is 9.21. The molecule has 0 unspecified atom stereocenters. The Kier molecular flexibility index (Phi) is 4.30. The molecule has 0 bridgehead atoms. The molecule has 3 aromatic rings. The molecular weight excluding hydrogens is 318 g/mol. The van der Waals surface area contributed by atoms with Crippen LogP contribution in [0.5, 0.6) is 0 Å². The first kappa shape index (κ1) is 15.3. The van der Waals surface area contributed by atoms with Crippen molar-refractivity contribution in [3.8, 4) is 0 Å². The molecule has 1 aliphatic rings. The molecule has 0 saturated carbocycles. The summed E-state index contributed by atoms with van der Waals surface area (Å²) in [5.41, 5.74) is 3.36. The van der Waals surface area contributed by atoms with Crippen molar-refractivity contribution < 1.29 is 0 Å². The lowest BCUT2D eigenvalue weighted by Gasteiger charge is -2.33. The standard InChI is InChI=1S/C18H21N5S/c1-13-10-15(2-7-20-13)23-8-4-14(5-9-23)11-21-18-22-16-12-19-6-3-17(16)24-18/h2-3,6-7,10,12,14H,4-5,8-9,11H2,1H3,(H,21,22). The molecule has 0 aromatic carbocycles. The number of piperidine rings is 1. The summed E-state index contributed by atoms with van der Waals surface area (Å²) in [7, 11) is 0. The van der Waals surface area contributed by atoms with Gasteiger partial charge in [-0.15, -0.1) is 0 Å². The fraction of sp³-hybridized carbons (Fsp3) is 0.389. The molecule has 1 fully saturated rings. The lowest BCUT2D eigenvalue weighted by molar-refractivity contribution is 0.423. The van der Waals surface area contributed by atoms with Crippen LogP contribution in [0.3, 0.4) is 0 Å². The summed E-state index contributed by atoms with van der Waals surface area (Å²) in [4.78, 5) is 15.5. The van der Waals surface area contributed by atoms with Gasteiger partial charge in [0.15, 0.2) is 5.13 Å². The van der Waals surface area contributed by atoms with Gasteiger partial charge >= 0.3 is 0 Å². The Balaban J connectivity index is 1.31. The van der Waals surface area contributed by atoms with Crippen LogP contribution in [0, 0.1) is 12.8 Å². The maximum absolute atomic E-state index is 4.60. The number of hydrogen-bond donors (Lipinski definition) is 1. The van der Waals surface area contributed by atoms with E-state index in [0.717, 1.165) is 36.0 Å². The van der Waals surface area contributed by atoms with Gasteiger partial charge in [-0.2, -0.15) is 0 Å². The minimum atomic E-state index is 0.703. The Labute approximate surface area is 145 Å². The summed E-state index contributed by atoms with van der Waals surface area (Å²) in [5, 5.41) is 4.52. The number of hydrogen-bond acceptors (Lipinski definition) is 6. The maximum atomic E-state index is 4.60. The molecule has 0 spiro atoms. The molecule has 124 valence electrons. The second kappa shape index (κ2) is 6.73. The Morgan fingerprint density at radius 1 is 1.25 bits per heavy atom. The maximum Gasteiger partial charge on any atom is 0.183 e. The van der Waals surface area contributed by atoms with Crippen LogP contribution in [-0.4, -0.2) is 34.6 Å². The van der Waals surface area contributed by atoms with Crippen molar-refractivity contribution in [2.45, 2.75) is 19.8 Å². The van der Waals surface area contributed by atoms with Crippen LogP contribution in [0.1, 0.15) is 18.5 Å². The Hall–Kier alpha value is -2.21. The van der Waals surface area contributed by atoms with Gasteiger partial charge < -0.3 is 10.2 Å². The molecule has 1 N–H and O–H groups in total. The molecule has 1 aliphatic heterocycles. The van der Waals surface area contributed by atoms with Crippen molar-refractivity contribution in [3.05, 3.63) is 42.5 Å². The van der Waals surface area contributed by atoms with Crippen molar-refractivity contribution in [1.82, 2.24) is 15.0 Å². The third-order valence-electron chi connectivity index (χ3n) is 4.59. The normalized spacial score (nSPS) is 15.8. The van der Waals surface area contributed by atoms with E-state index in [-0.39, 0.29) is 0 Å². The number of pyridine rings is 2. The molecule has 3 aromatic heterocycles. The number of fused-ring (bicyclic) bond motifs is 1. The van der Waals surface area contributed by atoms with E-state index < -0.39 is 0 Å². The van der Waals surface area contributed by atoms with E-state index in [1.807, 2.05) is 31.6 Å². The van der Waals surface area contributed by atoms with Crippen LogP contribution in [0.2, 0.25) is 0 Å². The van der Waals surface area contributed by atoms with Crippen LogP contribution in [0.25, 0.3) is 10.2 Å². The largest absolute Gasteiger partial charge is 0.371 e. The highest BCUT2D eigenvalue weighted by molar-refractivity contribution is 7.22. The summed E-state index contributed by atoms with van der Waals surface area (Å²) in [5.74, 6) is 0.703. The predicted molar refractivity (Wildman–Crippen MR) is 99.8 cm³/mol. The number of aryl methyl sites for hydroxylation is 1. The molecule has 24 heavy (non-hydrogen) atoms. The van der Waals surface area contributed by atoms with Crippen LogP contribution < -0.4 is 10.2 Å². The van der Waals surface area contributed by atoms with Crippen molar-refractivity contribution in [3.63, 3.8) is 0 Å². The first-order chi connectivity index (χ1) is 11.8. The number of rotatable bonds is 4. The van der Waals surface area contributed by atoms with Crippen LogP contribution in [0.15, 0.2) is 36.8 Å². The zero-order valence-electron chi connectivity index (χ0n) is 13.8. The van der Waals surface area contributed by atoms with Gasteiger partial charge in [-0.05, 0) is 43.9 Å². The fourth-order valence-corrected chi connectivity index (χ4v) is 4.05. The third kappa shape index (κ3) is 3.33. The molecule has 4 heterocycles. The number of thiazole rings is 1. The van der Waals surface area contributed by atoms with Crippen LogP contribution >= 0.6 is 11.3 Å². The van der Waals surface area contributed by atoms with E-state index in [0.29, 0.717) is 5.92 Å². The highest BCUT2D eigenvalue weighted by atomic mass is 32.1. The molecule has 0 radical (unpaired) electrons. The summed E-state index contributed by atoms with van der Waals surface area (Å²) >= 11 is 1.71. The number of anilines is 2. The molecule has 6 heteroatoms. The quantitative estimate of drug-likeness (QED) is 0.785. The highest BCUT2D eigenvalue weighted by Crippen LogP contribution is 2.27. The zero-order chi connectivity index (χ0) is 16.4. The number of nitrogens with zero attached hydrogens (tertiary/aromatic N) is 4. The smallest absolute Gasteiger partial charge is 0.183 e. The average Bonchev–Trinajstić information content (AvgIpc) is 3.03. The summed E-state index contributed by atoms with van der Waals surface area (Å²) in [6.45, 7) is 5.27. The van der Waals surface area contributed by atoms with Gasteiger partial charge in [0.1, 0.15) is 5.52 Å². The minimum absolute atomic E-state index is 0.703. The monoisotopic (exact) mass is 339 g/mol. The zero-order valence-corrected chi connectivity index (χ0v) is 14.6. The molecule has 0 aliphatic carbocycles. The van der Waals surface area contributed by atoms with Crippen molar-refractivity contribution in [1.29, 1.82) is 0 Å². The SMILES string of the molecule is Cc1cc(N2CCC(CNc3nc4cnccc4s3)CC2)ccn1. The lowest BCUT2D eigenvalue weighted by atomic mass is 9.96. The molecule has 0 amide bonds. The summed E-state index contributed by atoms with van der Waals surface area (Å²) < 4.78 is 1.19. The number of aromatic nitrogens is 3. The lowest BCUT2D eigenvalue weighted by Crippen LogP contribution is -2.35. The predicted octanol–water partition coefficient (Wildman–Crippen LogP) is 3.72. The molecule has 4 rings (SSSR count). The van der Waals surface area contributed by atoms with Gasteiger partial charge in [-0.25, -0.2) is 4.98 Å². The van der Waals surface area contributed by atoms with E-state index in [2.05, 4.69) is 37.3 Å². The Morgan fingerprint density at radius 3 is 2.92 bits per heavy atom. The third-order valence-corrected chi connectivity index (χ3v) is 5.59. The first-order valence-electron chi connectivity index (χ1n) is 8.40. The summed E-state index contributed by atoms with van der Waals surface area (Å²) in [6.07, 6.45) is 7.97. The number of nitrogens with one attached hydrogen (secondary N) is 1. The van der Waals surface area contributed by atoms with Gasteiger partial charge in [-0.1, -0.05) is 11.3 Å². The Bertz CT molecular complexity index is 790.